The zero-order chi connectivity index (χ0) is 17.4. The number of anilines is 2. The van der Waals surface area contributed by atoms with Gasteiger partial charge in [0.15, 0.2) is 0 Å². The van der Waals surface area contributed by atoms with Gasteiger partial charge >= 0.3 is 0 Å². The molecule has 0 atom stereocenters. The Hall–Kier alpha value is -2.50. The molecule has 3 nitrogen and oxygen atoms in total. The Labute approximate surface area is 153 Å². The standard InChI is InChI=1S/C19H13ClFN3S/c1-11-15(12-6-3-2-4-7-12)16-17(23-19(20)24-18(16)25-11)22-14-9-5-8-13(21)10-14/h2-10H,1H3,(H,22,23,24). The molecule has 25 heavy (non-hydrogen) atoms. The van der Waals surface area contributed by atoms with Crippen LogP contribution in [0, 0.1) is 12.7 Å². The highest BCUT2D eigenvalue weighted by atomic mass is 35.5. The second-order valence-electron chi connectivity index (χ2n) is 5.56. The van der Waals surface area contributed by atoms with E-state index in [9.17, 15) is 4.39 Å². The van der Waals surface area contributed by atoms with Crippen LogP contribution in [0.5, 0.6) is 0 Å². The summed E-state index contributed by atoms with van der Waals surface area (Å²) in [4.78, 5) is 10.6. The topological polar surface area (TPSA) is 37.8 Å². The van der Waals surface area contributed by atoms with Crippen LogP contribution < -0.4 is 5.32 Å². The predicted octanol–water partition coefficient (Wildman–Crippen LogP) is 6.20. The van der Waals surface area contributed by atoms with Crippen LogP contribution in [-0.4, -0.2) is 9.97 Å². The summed E-state index contributed by atoms with van der Waals surface area (Å²) in [7, 11) is 0. The molecule has 1 N–H and O–H groups in total. The van der Waals surface area contributed by atoms with Crippen molar-refractivity contribution in [3.05, 3.63) is 70.6 Å². The van der Waals surface area contributed by atoms with E-state index >= 15 is 0 Å². The van der Waals surface area contributed by atoms with Crippen molar-refractivity contribution in [3.63, 3.8) is 0 Å². The normalized spacial score (nSPS) is 11.0. The van der Waals surface area contributed by atoms with Crippen molar-refractivity contribution in [3.8, 4) is 11.1 Å². The first-order valence-electron chi connectivity index (χ1n) is 7.66. The van der Waals surface area contributed by atoms with E-state index in [0.717, 1.165) is 26.2 Å². The maximum Gasteiger partial charge on any atom is 0.225 e. The average molecular weight is 370 g/mol. The summed E-state index contributed by atoms with van der Waals surface area (Å²) in [6.07, 6.45) is 0. The zero-order valence-corrected chi connectivity index (χ0v) is 14.8. The van der Waals surface area contributed by atoms with Gasteiger partial charge in [0, 0.05) is 16.1 Å². The van der Waals surface area contributed by atoms with Crippen LogP contribution in [-0.2, 0) is 0 Å². The fourth-order valence-electron chi connectivity index (χ4n) is 2.83. The lowest BCUT2D eigenvalue weighted by atomic mass is 10.0. The van der Waals surface area contributed by atoms with E-state index in [1.807, 2.05) is 18.2 Å². The Kier molecular flexibility index (Phi) is 4.11. The van der Waals surface area contributed by atoms with Crippen LogP contribution in [0.15, 0.2) is 54.6 Å². The molecule has 0 fully saturated rings. The molecule has 0 saturated carbocycles. The third kappa shape index (κ3) is 3.08. The number of nitrogens with zero attached hydrogens (tertiary/aromatic N) is 2. The number of thiophene rings is 1. The number of nitrogens with one attached hydrogen (secondary N) is 1. The first-order valence-corrected chi connectivity index (χ1v) is 8.86. The van der Waals surface area contributed by atoms with E-state index < -0.39 is 0 Å². The third-order valence-electron chi connectivity index (χ3n) is 3.85. The minimum absolute atomic E-state index is 0.160. The van der Waals surface area contributed by atoms with Crippen LogP contribution >= 0.6 is 22.9 Å². The Balaban J connectivity index is 1.94. The second kappa shape index (κ2) is 6.43. The molecule has 0 saturated heterocycles. The van der Waals surface area contributed by atoms with Crippen LogP contribution in [0.2, 0.25) is 5.28 Å². The summed E-state index contributed by atoms with van der Waals surface area (Å²) in [6, 6.07) is 16.3. The summed E-state index contributed by atoms with van der Waals surface area (Å²) in [5, 5.41) is 4.23. The summed E-state index contributed by atoms with van der Waals surface area (Å²) in [6.45, 7) is 2.05. The molecular formula is C19H13ClFN3S. The summed E-state index contributed by atoms with van der Waals surface area (Å²) in [5.41, 5.74) is 2.76. The third-order valence-corrected chi connectivity index (χ3v) is 5.02. The number of hydrogen-bond donors (Lipinski definition) is 1. The van der Waals surface area contributed by atoms with Gasteiger partial charge in [-0.3, -0.25) is 0 Å². The number of halogens is 2. The lowest BCUT2D eigenvalue weighted by Crippen LogP contribution is -1.97. The largest absolute Gasteiger partial charge is 0.339 e. The van der Waals surface area contributed by atoms with Crippen molar-refractivity contribution >= 4 is 44.7 Å². The molecule has 2 aromatic heterocycles. The van der Waals surface area contributed by atoms with Crippen molar-refractivity contribution < 1.29 is 4.39 Å². The van der Waals surface area contributed by atoms with Gasteiger partial charge in [-0.2, -0.15) is 4.98 Å². The van der Waals surface area contributed by atoms with Gasteiger partial charge in [0.05, 0.1) is 5.39 Å². The van der Waals surface area contributed by atoms with Crippen molar-refractivity contribution in [2.75, 3.05) is 5.32 Å². The zero-order valence-electron chi connectivity index (χ0n) is 13.3. The molecule has 0 bridgehead atoms. The number of fused-ring (bicyclic) bond motifs is 1. The maximum absolute atomic E-state index is 13.5. The van der Waals surface area contributed by atoms with Crippen molar-refractivity contribution in [1.29, 1.82) is 0 Å². The summed E-state index contributed by atoms with van der Waals surface area (Å²) < 4.78 is 13.5. The number of aryl methyl sites for hydroxylation is 1. The first kappa shape index (κ1) is 16.0. The quantitative estimate of drug-likeness (QED) is 0.437. The smallest absolute Gasteiger partial charge is 0.225 e. The molecule has 0 aliphatic rings. The van der Waals surface area contributed by atoms with E-state index in [4.69, 9.17) is 11.6 Å². The van der Waals surface area contributed by atoms with E-state index in [1.165, 1.54) is 12.1 Å². The van der Waals surface area contributed by atoms with Gasteiger partial charge in [-0.15, -0.1) is 11.3 Å². The Morgan fingerprint density at radius 1 is 1.04 bits per heavy atom. The molecule has 6 heteroatoms. The molecule has 0 spiro atoms. The summed E-state index contributed by atoms with van der Waals surface area (Å²) in [5.74, 6) is 0.259. The molecule has 0 aliphatic heterocycles. The minimum Gasteiger partial charge on any atom is -0.339 e. The van der Waals surface area contributed by atoms with Gasteiger partial charge in [0.25, 0.3) is 0 Å². The second-order valence-corrected chi connectivity index (χ2v) is 7.10. The highest BCUT2D eigenvalue weighted by Crippen LogP contribution is 2.41. The van der Waals surface area contributed by atoms with Gasteiger partial charge < -0.3 is 5.32 Å². The molecule has 0 aliphatic carbocycles. The van der Waals surface area contributed by atoms with Crippen LogP contribution in [0.1, 0.15) is 4.88 Å². The fraction of sp³-hybridized carbons (Fsp3) is 0.0526. The molecule has 0 amide bonds. The molecule has 0 unspecified atom stereocenters. The first-order chi connectivity index (χ1) is 12.1. The molecule has 124 valence electrons. The maximum atomic E-state index is 13.5. The van der Waals surface area contributed by atoms with Gasteiger partial charge in [0.2, 0.25) is 5.28 Å². The summed E-state index contributed by atoms with van der Waals surface area (Å²) >= 11 is 7.67. The molecule has 2 heterocycles. The van der Waals surface area contributed by atoms with Gasteiger partial charge in [-0.25, -0.2) is 9.37 Å². The van der Waals surface area contributed by atoms with Crippen molar-refractivity contribution in [2.45, 2.75) is 6.92 Å². The van der Waals surface area contributed by atoms with Crippen molar-refractivity contribution in [1.82, 2.24) is 9.97 Å². The monoisotopic (exact) mass is 369 g/mol. The van der Waals surface area contributed by atoms with E-state index in [0.29, 0.717) is 11.5 Å². The number of rotatable bonds is 3. The highest BCUT2D eigenvalue weighted by molar-refractivity contribution is 7.19. The molecule has 4 aromatic rings. The van der Waals surface area contributed by atoms with Crippen LogP contribution in [0.4, 0.5) is 15.9 Å². The van der Waals surface area contributed by atoms with Gasteiger partial charge in [-0.1, -0.05) is 36.4 Å². The SMILES string of the molecule is Cc1sc2nc(Cl)nc(Nc3cccc(F)c3)c2c1-c1ccccc1. The van der Waals surface area contributed by atoms with Crippen molar-refractivity contribution in [2.24, 2.45) is 0 Å². The Morgan fingerprint density at radius 2 is 1.84 bits per heavy atom. The van der Waals surface area contributed by atoms with E-state index in [-0.39, 0.29) is 11.1 Å². The van der Waals surface area contributed by atoms with Gasteiger partial charge in [0.1, 0.15) is 16.5 Å². The van der Waals surface area contributed by atoms with E-state index in [2.05, 4.69) is 34.3 Å². The molecular weight excluding hydrogens is 357 g/mol. The highest BCUT2D eigenvalue weighted by Gasteiger charge is 2.18. The Morgan fingerprint density at radius 3 is 2.60 bits per heavy atom. The number of hydrogen-bond acceptors (Lipinski definition) is 4. The number of aromatic nitrogens is 2. The van der Waals surface area contributed by atoms with E-state index in [1.54, 1.807) is 23.5 Å². The van der Waals surface area contributed by atoms with Crippen LogP contribution in [0.3, 0.4) is 0 Å². The molecule has 2 aromatic carbocycles. The molecule has 0 radical (unpaired) electrons. The predicted molar refractivity (Wildman–Crippen MR) is 102 cm³/mol. The lowest BCUT2D eigenvalue weighted by molar-refractivity contribution is 0.628. The minimum atomic E-state index is -0.314. The lowest BCUT2D eigenvalue weighted by Gasteiger charge is -2.10. The van der Waals surface area contributed by atoms with Gasteiger partial charge in [-0.05, 0) is 42.3 Å². The number of benzene rings is 2. The van der Waals surface area contributed by atoms with Crippen LogP contribution in [0.25, 0.3) is 21.3 Å². The Bertz CT molecular complexity index is 1060. The fourth-order valence-corrected chi connectivity index (χ4v) is 4.10. The average Bonchev–Trinajstić information content (AvgIpc) is 2.91. The molecule has 4 rings (SSSR count).